The number of halogens is 2. The summed E-state index contributed by atoms with van der Waals surface area (Å²) in [6, 6.07) is 10.8. The molecule has 144 valence electrons. The van der Waals surface area contributed by atoms with Crippen LogP contribution in [0.5, 0.6) is 0 Å². The molecule has 0 bridgehead atoms. The standard InChI is InChI=1S/C19H17F2N5OS/c20-14-4-3-13(12-15(14)21)22-19(27)26-9-7-25(8-10-26)18-6-5-16(23-24-18)17-2-1-11-28-17/h1-6,11-12H,7-10H2,(H,22,27). The normalized spacial score (nSPS) is 14.2. The van der Waals surface area contributed by atoms with Gasteiger partial charge in [0.1, 0.15) is 5.69 Å². The molecule has 2 amide bonds. The van der Waals surface area contributed by atoms with Gasteiger partial charge in [0, 0.05) is 37.9 Å². The smallest absolute Gasteiger partial charge is 0.321 e. The summed E-state index contributed by atoms with van der Waals surface area (Å²) < 4.78 is 26.3. The molecule has 0 unspecified atom stereocenters. The van der Waals surface area contributed by atoms with E-state index in [9.17, 15) is 13.6 Å². The first-order valence-electron chi connectivity index (χ1n) is 8.74. The van der Waals surface area contributed by atoms with Gasteiger partial charge in [-0.1, -0.05) is 6.07 Å². The Morgan fingerprint density at radius 1 is 1.00 bits per heavy atom. The molecule has 0 saturated carbocycles. The number of amides is 2. The minimum atomic E-state index is -0.993. The van der Waals surface area contributed by atoms with Gasteiger partial charge in [-0.05, 0) is 35.7 Å². The van der Waals surface area contributed by atoms with Crippen molar-refractivity contribution in [2.75, 3.05) is 36.4 Å². The quantitative estimate of drug-likeness (QED) is 0.725. The Bertz CT molecular complexity index is 957. The van der Waals surface area contributed by atoms with Crippen molar-refractivity contribution in [3.8, 4) is 10.6 Å². The Kier molecular flexibility index (Phi) is 5.16. The summed E-state index contributed by atoms with van der Waals surface area (Å²) in [6.07, 6.45) is 0. The molecular weight excluding hydrogens is 384 g/mol. The van der Waals surface area contributed by atoms with Crippen molar-refractivity contribution in [2.45, 2.75) is 0 Å². The third-order valence-electron chi connectivity index (χ3n) is 4.49. The number of hydrogen-bond donors (Lipinski definition) is 1. The molecule has 6 nitrogen and oxygen atoms in total. The van der Waals surface area contributed by atoms with E-state index in [1.165, 1.54) is 6.07 Å². The van der Waals surface area contributed by atoms with Gasteiger partial charge in [-0.2, -0.15) is 0 Å². The number of hydrogen-bond acceptors (Lipinski definition) is 5. The Hall–Kier alpha value is -3.07. The van der Waals surface area contributed by atoms with E-state index in [4.69, 9.17) is 0 Å². The molecule has 3 heterocycles. The number of thiophene rings is 1. The maximum absolute atomic E-state index is 13.3. The van der Waals surface area contributed by atoms with Crippen molar-refractivity contribution < 1.29 is 13.6 Å². The van der Waals surface area contributed by atoms with E-state index in [0.29, 0.717) is 26.2 Å². The Balaban J connectivity index is 1.33. The van der Waals surface area contributed by atoms with Crippen LogP contribution in [0.3, 0.4) is 0 Å². The first-order valence-corrected chi connectivity index (χ1v) is 9.61. The molecule has 1 aliphatic heterocycles. The van der Waals surface area contributed by atoms with E-state index in [1.54, 1.807) is 16.2 Å². The molecule has 1 fully saturated rings. The van der Waals surface area contributed by atoms with Crippen LogP contribution in [0.2, 0.25) is 0 Å². The van der Waals surface area contributed by atoms with Crippen LogP contribution in [0.15, 0.2) is 47.8 Å². The fourth-order valence-corrected chi connectivity index (χ4v) is 3.66. The van der Waals surface area contributed by atoms with Gasteiger partial charge < -0.3 is 15.1 Å². The molecule has 1 N–H and O–H groups in total. The van der Waals surface area contributed by atoms with Crippen LogP contribution in [0, 0.1) is 11.6 Å². The van der Waals surface area contributed by atoms with Gasteiger partial charge in [0.15, 0.2) is 17.5 Å². The largest absolute Gasteiger partial charge is 0.352 e. The van der Waals surface area contributed by atoms with E-state index in [0.717, 1.165) is 28.5 Å². The van der Waals surface area contributed by atoms with E-state index >= 15 is 0 Å². The fourth-order valence-electron chi connectivity index (χ4n) is 2.96. The van der Waals surface area contributed by atoms with Gasteiger partial charge in [0.2, 0.25) is 0 Å². The lowest BCUT2D eigenvalue weighted by Crippen LogP contribution is -2.50. The van der Waals surface area contributed by atoms with Crippen LogP contribution in [-0.4, -0.2) is 47.3 Å². The highest BCUT2D eigenvalue weighted by atomic mass is 32.1. The van der Waals surface area contributed by atoms with Crippen molar-refractivity contribution in [2.24, 2.45) is 0 Å². The third-order valence-corrected chi connectivity index (χ3v) is 5.38. The minimum absolute atomic E-state index is 0.223. The second kappa shape index (κ2) is 7.89. The lowest BCUT2D eigenvalue weighted by atomic mass is 10.3. The predicted octanol–water partition coefficient (Wildman–Crippen LogP) is 3.84. The van der Waals surface area contributed by atoms with Gasteiger partial charge >= 0.3 is 6.03 Å². The first-order chi connectivity index (χ1) is 13.6. The number of urea groups is 1. The number of nitrogens with one attached hydrogen (secondary N) is 1. The molecule has 28 heavy (non-hydrogen) atoms. The van der Waals surface area contributed by atoms with Crippen molar-refractivity contribution in [3.05, 3.63) is 59.5 Å². The Morgan fingerprint density at radius 3 is 2.46 bits per heavy atom. The molecule has 1 saturated heterocycles. The lowest BCUT2D eigenvalue weighted by molar-refractivity contribution is 0.208. The van der Waals surface area contributed by atoms with E-state index in [1.807, 2.05) is 29.6 Å². The van der Waals surface area contributed by atoms with Crippen LogP contribution >= 0.6 is 11.3 Å². The van der Waals surface area contributed by atoms with E-state index in [-0.39, 0.29) is 11.7 Å². The summed E-state index contributed by atoms with van der Waals surface area (Å²) in [6.45, 7) is 2.20. The molecule has 2 aromatic heterocycles. The summed E-state index contributed by atoms with van der Waals surface area (Å²) in [4.78, 5) is 17.1. The summed E-state index contributed by atoms with van der Waals surface area (Å²) in [5, 5.41) is 13.2. The van der Waals surface area contributed by atoms with Crippen LogP contribution in [0.1, 0.15) is 0 Å². The topological polar surface area (TPSA) is 61.4 Å². The van der Waals surface area contributed by atoms with Crippen LogP contribution < -0.4 is 10.2 Å². The zero-order chi connectivity index (χ0) is 19.5. The molecular formula is C19H17F2N5OS. The van der Waals surface area contributed by atoms with Gasteiger partial charge in [-0.3, -0.25) is 0 Å². The van der Waals surface area contributed by atoms with Crippen molar-refractivity contribution >= 4 is 28.9 Å². The average Bonchev–Trinajstić information content (AvgIpc) is 3.26. The number of benzene rings is 1. The molecule has 0 radical (unpaired) electrons. The van der Waals surface area contributed by atoms with Gasteiger partial charge in [-0.25, -0.2) is 13.6 Å². The van der Waals surface area contributed by atoms with E-state index < -0.39 is 11.6 Å². The highest BCUT2D eigenvalue weighted by Crippen LogP contribution is 2.23. The van der Waals surface area contributed by atoms with Crippen LogP contribution in [-0.2, 0) is 0 Å². The monoisotopic (exact) mass is 401 g/mol. The number of carbonyl (C=O) groups is 1. The molecule has 0 spiro atoms. The second-order valence-electron chi connectivity index (χ2n) is 6.29. The van der Waals surface area contributed by atoms with Gasteiger partial charge in [0.25, 0.3) is 0 Å². The second-order valence-corrected chi connectivity index (χ2v) is 7.23. The van der Waals surface area contributed by atoms with E-state index in [2.05, 4.69) is 20.4 Å². The first kappa shape index (κ1) is 18.3. The fraction of sp³-hybridized carbons (Fsp3) is 0.211. The molecule has 9 heteroatoms. The summed E-state index contributed by atoms with van der Waals surface area (Å²) in [7, 11) is 0. The Labute approximate surface area is 164 Å². The van der Waals surface area contributed by atoms with Crippen molar-refractivity contribution in [1.29, 1.82) is 0 Å². The number of carbonyl (C=O) groups excluding carboxylic acids is 1. The van der Waals surface area contributed by atoms with Crippen LogP contribution in [0.4, 0.5) is 25.1 Å². The molecule has 4 rings (SSSR count). The SMILES string of the molecule is O=C(Nc1ccc(F)c(F)c1)N1CCN(c2ccc(-c3cccs3)nn2)CC1. The molecule has 1 aromatic carbocycles. The Morgan fingerprint density at radius 2 is 1.82 bits per heavy atom. The number of piperazine rings is 1. The maximum atomic E-state index is 13.3. The summed E-state index contributed by atoms with van der Waals surface area (Å²) in [5.74, 6) is -1.18. The third kappa shape index (κ3) is 3.94. The molecule has 0 aliphatic carbocycles. The minimum Gasteiger partial charge on any atom is -0.352 e. The molecule has 3 aromatic rings. The predicted molar refractivity (Wildman–Crippen MR) is 105 cm³/mol. The van der Waals surface area contributed by atoms with Crippen LogP contribution in [0.25, 0.3) is 10.6 Å². The lowest BCUT2D eigenvalue weighted by Gasteiger charge is -2.35. The number of rotatable bonds is 3. The molecule has 0 atom stereocenters. The average molecular weight is 401 g/mol. The zero-order valence-corrected chi connectivity index (χ0v) is 15.6. The number of nitrogens with zero attached hydrogens (tertiary/aromatic N) is 4. The number of aromatic nitrogens is 2. The van der Waals surface area contributed by atoms with Gasteiger partial charge in [-0.15, -0.1) is 21.5 Å². The van der Waals surface area contributed by atoms with Crippen molar-refractivity contribution in [3.63, 3.8) is 0 Å². The summed E-state index contributed by atoms with van der Waals surface area (Å²) in [5.41, 5.74) is 1.06. The zero-order valence-electron chi connectivity index (χ0n) is 14.8. The molecule has 1 aliphatic rings. The van der Waals surface area contributed by atoms with Gasteiger partial charge in [0.05, 0.1) is 4.88 Å². The highest BCUT2D eigenvalue weighted by molar-refractivity contribution is 7.13. The summed E-state index contributed by atoms with van der Waals surface area (Å²) >= 11 is 1.61. The van der Waals surface area contributed by atoms with Crippen molar-refractivity contribution in [1.82, 2.24) is 15.1 Å². The number of anilines is 2. The highest BCUT2D eigenvalue weighted by Gasteiger charge is 2.22. The maximum Gasteiger partial charge on any atom is 0.321 e.